The van der Waals surface area contributed by atoms with Gasteiger partial charge in [-0.1, -0.05) is 13.3 Å². The molecular weight excluding hydrogens is 228 g/mol. The van der Waals surface area contributed by atoms with E-state index in [0.717, 1.165) is 46.0 Å². The minimum atomic E-state index is 0.374. The van der Waals surface area contributed by atoms with Gasteiger partial charge in [0.25, 0.3) is 0 Å². The van der Waals surface area contributed by atoms with Gasteiger partial charge in [0.2, 0.25) is 0 Å². The van der Waals surface area contributed by atoms with Gasteiger partial charge < -0.3 is 14.8 Å². The average molecular weight is 258 g/mol. The first-order valence-electron chi connectivity index (χ1n) is 7.38. The topological polar surface area (TPSA) is 33.7 Å². The number of ether oxygens (including phenoxy) is 2. The number of hydrogen-bond donors (Lipinski definition) is 1. The van der Waals surface area contributed by atoms with Crippen LogP contribution in [0.1, 0.15) is 33.6 Å². The second-order valence-electron chi connectivity index (χ2n) is 5.20. The van der Waals surface area contributed by atoms with E-state index in [1.807, 2.05) is 0 Å². The highest BCUT2D eigenvalue weighted by atomic mass is 16.5. The maximum atomic E-state index is 5.62. The van der Waals surface area contributed by atoms with Crippen LogP contribution in [0.15, 0.2) is 0 Å². The number of hydrogen-bond acceptors (Lipinski definition) is 4. The van der Waals surface area contributed by atoms with Crippen LogP contribution in [-0.2, 0) is 9.47 Å². The molecule has 2 unspecified atom stereocenters. The van der Waals surface area contributed by atoms with Gasteiger partial charge in [-0.25, -0.2) is 0 Å². The van der Waals surface area contributed by atoms with Crippen molar-refractivity contribution in [2.45, 2.75) is 45.8 Å². The Kier molecular flexibility index (Phi) is 8.59. The number of nitrogens with zero attached hydrogens (tertiary/aromatic N) is 1. The Morgan fingerprint density at radius 1 is 1.28 bits per heavy atom. The zero-order valence-corrected chi connectivity index (χ0v) is 12.3. The summed E-state index contributed by atoms with van der Waals surface area (Å²) in [6, 6.07) is 0.545. The van der Waals surface area contributed by atoms with E-state index in [9.17, 15) is 0 Å². The van der Waals surface area contributed by atoms with E-state index in [4.69, 9.17) is 9.47 Å². The lowest BCUT2D eigenvalue weighted by Crippen LogP contribution is -2.49. The molecular formula is C14H30N2O2. The molecule has 0 amide bonds. The molecule has 0 radical (unpaired) electrons. The van der Waals surface area contributed by atoms with Gasteiger partial charge in [0.1, 0.15) is 0 Å². The van der Waals surface area contributed by atoms with Crippen molar-refractivity contribution in [1.82, 2.24) is 10.2 Å². The number of nitrogens with one attached hydrogen (secondary N) is 1. The Morgan fingerprint density at radius 2 is 2.11 bits per heavy atom. The third-order valence-corrected chi connectivity index (χ3v) is 3.38. The summed E-state index contributed by atoms with van der Waals surface area (Å²) in [5.74, 6) is 0. The fraction of sp³-hybridized carbons (Fsp3) is 1.00. The van der Waals surface area contributed by atoms with E-state index in [1.54, 1.807) is 0 Å². The highest BCUT2D eigenvalue weighted by Gasteiger charge is 2.22. The molecule has 0 aliphatic carbocycles. The summed E-state index contributed by atoms with van der Waals surface area (Å²) >= 11 is 0. The van der Waals surface area contributed by atoms with Gasteiger partial charge in [0.15, 0.2) is 0 Å². The van der Waals surface area contributed by atoms with E-state index < -0.39 is 0 Å². The Hall–Kier alpha value is -0.160. The molecule has 1 fully saturated rings. The summed E-state index contributed by atoms with van der Waals surface area (Å²) in [4.78, 5) is 2.50. The average Bonchev–Trinajstić information content (AvgIpc) is 2.36. The van der Waals surface area contributed by atoms with Crippen molar-refractivity contribution in [3.63, 3.8) is 0 Å². The van der Waals surface area contributed by atoms with Gasteiger partial charge in [-0.15, -0.1) is 0 Å². The van der Waals surface area contributed by atoms with Crippen LogP contribution in [0.2, 0.25) is 0 Å². The van der Waals surface area contributed by atoms with Crippen molar-refractivity contribution < 1.29 is 9.47 Å². The van der Waals surface area contributed by atoms with Crippen LogP contribution < -0.4 is 5.32 Å². The Bertz CT molecular complexity index is 202. The van der Waals surface area contributed by atoms with Crippen LogP contribution in [0.5, 0.6) is 0 Å². The summed E-state index contributed by atoms with van der Waals surface area (Å²) in [6.07, 6.45) is 2.75. The maximum Gasteiger partial charge on any atom is 0.0674 e. The lowest BCUT2D eigenvalue weighted by Gasteiger charge is -2.36. The van der Waals surface area contributed by atoms with Crippen molar-refractivity contribution in [2.75, 3.05) is 46.0 Å². The van der Waals surface area contributed by atoms with Crippen molar-refractivity contribution in [1.29, 1.82) is 0 Å². The molecule has 1 heterocycles. The molecule has 0 aromatic heterocycles. The molecule has 0 aromatic carbocycles. The minimum Gasteiger partial charge on any atom is -0.380 e. The largest absolute Gasteiger partial charge is 0.380 e. The summed E-state index contributed by atoms with van der Waals surface area (Å²) in [7, 11) is 0. The summed E-state index contributed by atoms with van der Waals surface area (Å²) in [5, 5.41) is 3.44. The molecule has 4 heteroatoms. The lowest BCUT2D eigenvalue weighted by molar-refractivity contribution is -0.0486. The molecule has 18 heavy (non-hydrogen) atoms. The van der Waals surface area contributed by atoms with Crippen LogP contribution >= 0.6 is 0 Å². The second-order valence-corrected chi connectivity index (χ2v) is 5.20. The molecule has 0 bridgehead atoms. The molecule has 2 atom stereocenters. The Morgan fingerprint density at radius 3 is 2.89 bits per heavy atom. The minimum absolute atomic E-state index is 0.374. The van der Waals surface area contributed by atoms with Gasteiger partial charge in [-0.2, -0.15) is 0 Å². The standard InChI is InChI=1S/C14H30N2O2/c1-4-5-9-17-10-7-15-6-8-16-11-14(3)18-12-13(16)2/h13-15H,4-12H2,1-3H3. The van der Waals surface area contributed by atoms with Crippen LogP contribution in [0.25, 0.3) is 0 Å². The Labute approximate surface area is 112 Å². The first-order valence-corrected chi connectivity index (χ1v) is 7.38. The molecule has 0 saturated carbocycles. The first-order chi connectivity index (χ1) is 8.74. The number of rotatable bonds is 9. The molecule has 1 saturated heterocycles. The SMILES string of the molecule is CCCCOCCNCCN1CC(C)OCC1C. The normalized spacial score (nSPS) is 25.5. The monoisotopic (exact) mass is 258 g/mol. The highest BCUT2D eigenvalue weighted by Crippen LogP contribution is 2.09. The fourth-order valence-corrected chi connectivity index (χ4v) is 2.12. The molecule has 1 aliphatic heterocycles. The molecule has 1 N–H and O–H groups in total. The van der Waals surface area contributed by atoms with E-state index in [-0.39, 0.29) is 0 Å². The van der Waals surface area contributed by atoms with Gasteiger partial charge >= 0.3 is 0 Å². The predicted octanol–water partition coefficient (Wildman–Crippen LogP) is 1.50. The van der Waals surface area contributed by atoms with Crippen LogP contribution in [0.4, 0.5) is 0 Å². The summed E-state index contributed by atoms with van der Waals surface area (Å²) in [5.41, 5.74) is 0. The van der Waals surface area contributed by atoms with Crippen molar-refractivity contribution >= 4 is 0 Å². The molecule has 1 rings (SSSR count). The number of unbranched alkanes of at least 4 members (excludes halogenated alkanes) is 1. The zero-order valence-electron chi connectivity index (χ0n) is 12.3. The third-order valence-electron chi connectivity index (χ3n) is 3.38. The van der Waals surface area contributed by atoms with Crippen LogP contribution in [0.3, 0.4) is 0 Å². The van der Waals surface area contributed by atoms with Crippen LogP contribution in [0, 0.1) is 0 Å². The van der Waals surface area contributed by atoms with Crippen molar-refractivity contribution in [3.05, 3.63) is 0 Å². The zero-order chi connectivity index (χ0) is 13.2. The van der Waals surface area contributed by atoms with Crippen LogP contribution in [-0.4, -0.2) is 63.0 Å². The predicted molar refractivity (Wildman–Crippen MR) is 75.0 cm³/mol. The molecule has 108 valence electrons. The van der Waals surface area contributed by atoms with E-state index in [2.05, 4.69) is 31.0 Å². The lowest BCUT2D eigenvalue weighted by atomic mass is 10.2. The van der Waals surface area contributed by atoms with Crippen molar-refractivity contribution in [3.8, 4) is 0 Å². The molecule has 0 aromatic rings. The molecule has 1 aliphatic rings. The number of morpholine rings is 1. The van der Waals surface area contributed by atoms with Crippen molar-refractivity contribution in [2.24, 2.45) is 0 Å². The van der Waals surface area contributed by atoms with E-state index in [1.165, 1.54) is 12.8 Å². The smallest absolute Gasteiger partial charge is 0.0674 e. The fourth-order valence-electron chi connectivity index (χ4n) is 2.12. The van der Waals surface area contributed by atoms with Gasteiger partial charge in [-0.3, -0.25) is 4.90 Å². The summed E-state index contributed by atoms with van der Waals surface area (Å²) < 4.78 is 11.1. The van der Waals surface area contributed by atoms with E-state index in [0.29, 0.717) is 12.1 Å². The van der Waals surface area contributed by atoms with Gasteiger partial charge in [-0.05, 0) is 20.3 Å². The molecule has 4 nitrogen and oxygen atoms in total. The molecule has 0 spiro atoms. The van der Waals surface area contributed by atoms with Gasteiger partial charge in [0.05, 0.1) is 19.3 Å². The third kappa shape index (κ3) is 6.69. The Balaban J connectivity index is 1.93. The quantitative estimate of drug-likeness (QED) is 0.636. The maximum absolute atomic E-state index is 5.62. The van der Waals surface area contributed by atoms with E-state index >= 15 is 0 Å². The summed E-state index contributed by atoms with van der Waals surface area (Å²) in [6.45, 7) is 13.3. The second kappa shape index (κ2) is 9.73. The highest BCUT2D eigenvalue weighted by molar-refractivity contribution is 4.75. The first kappa shape index (κ1) is 15.9. The van der Waals surface area contributed by atoms with Gasteiger partial charge in [0, 0.05) is 38.8 Å².